The summed E-state index contributed by atoms with van der Waals surface area (Å²) >= 11 is 0. The fourth-order valence-electron chi connectivity index (χ4n) is 8.28. The lowest BCUT2D eigenvalue weighted by Gasteiger charge is -2.22. The molecule has 2 nitrogen and oxygen atoms in total. The van der Waals surface area contributed by atoms with Crippen molar-refractivity contribution < 1.29 is 0 Å². The van der Waals surface area contributed by atoms with Gasteiger partial charge in [0.25, 0.3) is 0 Å². The van der Waals surface area contributed by atoms with E-state index in [0.717, 1.165) is 27.5 Å². The van der Waals surface area contributed by atoms with Crippen LogP contribution in [0.15, 0.2) is 146 Å². The van der Waals surface area contributed by atoms with Gasteiger partial charge >= 0.3 is 0 Å². The molecule has 0 radical (unpaired) electrons. The highest BCUT2D eigenvalue weighted by atomic mass is 14.7. The van der Waals surface area contributed by atoms with Crippen LogP contribution in [0.2, 0.25) is 0 Å². The topological polar surface area (TPSA) is 25.8 Å². The molecule has 0 aliphatic heterocycles. The first-order valence-corrected chi connectivity index (χ1v) is 16.3. The van der Waals surface area contributed by atoms with Gasteiger partial charge in [-0.15, -0.1) is 0 Å². The summed E-state index contributed by atoms with van der Waals surface area (Å²) < 4.78 is 0. The van der Waals surface area contributed by atoms with E-state index in [4.69, 9.17) is 4.98 Å². The molecule has 1 aliphatic carbocycles. The summed E-state index contributed by atoms with van der Waals surface area (Å²) in [7, 11) is 0. The molecule has 2 aromatic heterocycles. The minimum absolute atomic E-state index is 0.0588. The number of benzene rings is 7. The molecule has 0 atom stereocenters. The lowest BCUT2D eigenvalue weighted by atomic mass is 9.81. The van der Waals surface area contributed by atoms with Crippen LogP contribution in [0.25, 0.3) is 87.5 Å². The molecule has 2 heterocycles. The van der Waals surface area contributed by atoms with Crippen LogP contribution in [0, 0.1) is 0 Å². The molecule has 0 unspecified atom stereocenters. The van der Waals surface area contributed by atoms with Crippen molar-refractivity contribution in [2.75, 3.05) is 0 Å². The average molecular weight is 599 g/mol. The smallest absolute Gasteiger partial charge is 0.0787 e. The Balaban J connectivity index is 1.30. The molecule has 0 bridgehead atoms. The van der Waals surface area contributed by atoms with Gasteiger partial charge in [-0.2, -0.15) is 0 Å². The average Bonchev–Trinajstić information content (AvgIpc) is 3.36. The summed E-state index contributed by atoms with van der Waals surface area (Å²) in [5.74, 6) is 0. The standard InChI is InChI=1S/C45H30N2/c1-45(2)40-17-9-7-13-32(40)33-20-19-27(24-41(33)45)37-25-38-31-12-4-6-16-36(31)44-39(43(38)35-15-5-3-11-30(35)37)23-28(26-47-44)29-21-22-46-42-18-10-8-14-34(29)42/h3-26H,1-2H3. The maximum absolute atomic E-state index is 5.18. The molecular formula is C45H30N2. The Kier molecular flexibility index (Phi) is 5.37. The summed E-state index contributed by atoms with van der Waals surface area (Å²) in [5, 5.41) is 9.71. The van der Waals surface area contributed by atoms with Crippen molar-refractivity contribution in [2.45, 2.75) is 19.3 Å². The second kappa shape index (κ2) is 9.57. The van der Waals surface area contributed by atoms with E-state index in [2.05, 4.69) is 146 Å². The Labute approximate surface area is 273 Å². The van der Waals surface area contributed by atoms with Crippen molar-refractivity contribution in [3.05, 3.63) is 157 Å². The van der Waals surface area contributed by atoms with Crippen molar-refractivity contribution in [1.82, 2.24) is 9.97 Å². The third-order valence-corrected chi connectivity index (χ3v) is 10.5. The molecule has 0 saturated carbocycles. The molecule has 47 heavy (non-hydrogen) atoms. The van der Waals surface area contributed by atoms with E-state index in [1.54, 1.807) is 0 Å². The van der Waals surface area contributed by atoms with Gasteiger partial charge in [-0.25, -0.2) is 0 Å². The fraction of sp³-hybridized carbons (Fsp3) is 0.0667. The van der Waals surface area contributed by atoms with Gasteiger partial charge in [-0.3, -0.25) is 9.97 Å². The van der Waals surface area contributed by atoms with Gasteiger partial charge in [-0.1, -0.05) is 117 Å². The third-order valence-electron chi connectivity index (χ3n) is 10.5. The number of rotatable bonds is 2. The van der Waals surface area contributed by atoms with Gasteiger partial charge in [0.15, 0.2) is 0 Å². The molecule has 2 heteroatoms. The largest absolute Gasteiger partial charge is 0.256 e. The van der Waals surface area contributed by atoms with Gasteiger partial charge in [0, 0.05) is 39.5 Å². The zero-order valence-corrected chi connectivity index (χ0v) is 26.3. The van der Waals surface area contributed by atoms with E-state index in [1.807, 2.05) is 18.5 Å². The Morgan fingerprint density at radius 2 is 1.13 bits per heavy atom. The van der Waals surface area contributed by atoms with E-state index in [9.17, 15) is 0 Å². The second-order valence-corrected chi connectivity index (χ2v) is 13.4. The van der Waals surface area contributed by atoms with E-state index < -0.39 is 0 Å². The highest BCUT2D eigenvalue weighted by Crippen LogP contribution is 2.50. The maximum Gasteiger partial charge on any atom is 0.0787 e. The Hall–Kier alpha value is -5.86. The quantitative estimate of drug-likeness (QED) is 0.185. The molecule has 7 aromatic carbocycles. The molecule has 0 fully saturated rings. The van der Waals surface area contributed by atoms with Crippen LogP contribution < -0.4 is 0 Å². The van der Waals surface area contributed by atoms with Crippen LogP contribution in [-0.4, -0.2) is 9.97 Å². The lowest BCUT2D eigenvalue weighted by Crippen LogP contribution is -2.14. The number of fused-ring (bicyclic) bond motifs is 12. The molecule has 0 saturated heterocycles. The monoisotopic (exact) mass is 598 g/mol. The third kappa shape index (κ3) is 3.67. The van der Waals surface area contributed by atoms with Gasteiger partial charge < -0.3 is 0 Å². The first kappa shape index (κ1) is 26.4. The molecule has 220 valence electrons. The Bertz CT molecular complexity index is 2770. The summed E-state index contributed by atoms with van der Waals surface area (Å²) in [4.78, 5) is 9.81. The number of hydrogen-bond acceptors (Lipinski definition) is 2. The van der Waals surface area contributed by atoms with Gasteiger partial charge in [-0.05, 0) is 96.2 Å². The van der Waals surface area contributed by atoms with Crippen molar-refractivity contribution in [1.29, 1.82) is 0 Å². The molecule has 9 aromatic rings. The number of pyridine rings is 2. The summed E-state index contributed by atoms with van der Waals surface area (Å²) in [6.45, 7) is 4.71. The molecule has 0 N–H and O–H groups in total. The molecule has 0 spiro atoms. The maximum atomic E-state index is 5.18. The van der Waals surface area contributed by atoms with E-state index in [0.29, 0.717) is 0 Å². The first-order valence-electron chi connectivity index (χ1n) is 16.3. The lowest BCUT2D eigenvalue weighted by molar-refractivity contribution is 0.660. The predicted octanol–water partition coefficient (Wildman–Crippen LogP) is 11.9. The normalized spacial score (nSPS) is 13.5. The van der Waals surface area contributed by atoms with Gasteiger partial charge in [0.2, 0.25) is 0 Å². The molecular weight excluding hydrogens is 569 g/mol. The van der Waals surface area contributed by atoms with Crippen molar-refractivity contribution in [3.8, 4) is 33.4 Å². The minimum atomic E-state index is -0.0588. The van der Waals surface area contributed by atoms with E-state index in [1.165, 1.54) is 71.1 Å². The summed E-state index contributed by atoms with van der Waals surface area (Å²) in [6, 6.07) is 48.9. The zero-order chi connectivity index (χ0) is 31.3. The van der Waals surface area contributed by atoms with Crippen molar-refractivity contribution in [2.24, 2.45) is 0 Å². The molecule has 10 rings (SSSR count). The van der Waals surface area contributed by atoms with E-state index in [-0.39, 0.29) is 5.41 Å². The number of hydrogen-bond donors (Lipinski definition) is 0. The van der Waals surface area contributed by atoms with Crippen LogP contribution in [0.1, 0.15) is 25.0 Å². The van der Waals surface area contributed by atoms with E-state index >= 15 is 0 Å². The van der Waals surface area contributed by atoms with Crippen LogP contribution >= 0.6 is 0 Å². The Morgan fingerprint density at radius 1 is 0.426 bits per heavy atom. The number of para-hydroxylation sites is 1. The molecule has 0 amide bonds. The van der Waals surface area contributed by atoms with Crippen LogP contribution in [0.5, 0.6) is 0 Å². The van der Waals surface area contributed by atoms with Gasteiger partial charge in [0.05, 0.1) is 11.0 Å². The summed E-state index contributed by atoms with van der Waals surface area (Å²) in [6.07, 6.45) is 3.93. The minimum Gasteiger partial charge on any atom is -0.256 e. The predicted molar refractivity (Wildman–Crippen MR) is 198 cm³/mol. The van der Waals surface area contributed by atoms with Crippen LogP contribution in [0.4, 0.5) is 0 Å². The van der Waals surface area contributed by atoms with Gasteiger partial charge in [0.1, 0.15) is 0 Å². The van der Waals surface area contributed by atoms with Crippen LogP contribution in [-0.2, 0) is 5.41 Å². The summed E-state index contributed by atoms with van der Waals surface area (Å²) in [5.41, 5.74) is 12.2. The van der Waals surface area contributed by atoms with Crippen LogP contribution in [0.3, 0.4) is 0 Å². The number of nitrogens with zero attached hydrogens (tertiary/aromatic N) is 2. The first-order chi connectivity index (χ1) is 23.1. The highest BCUT2D eigenvalue weighted by Gasteiger charge is 2.35. The highest BCUT2D eigenvalue weighted by molar-refractivity contribution is 6.32. The molecule has 1 aliphatic rings. The number of aromatic nitrogens is 2. The second-order valence-electron chi connectivity index (χ2n) is 13.4. The fourth-order valence-corrected chi connectivity index (χ4v) is 8.28. The van der Waals surface area contributed by atoms with Crippen molar-refractivity contribution in [3.63, 3.8) is 0 Å². The Morgan fingerprint density at radius 3 is 2.00 bits per heavy atom. The SMILES string of the molecule is CC1(C)c2ccccc2-c2ccc(-c3cc4c5ccccc5c5ncc(-c6ccnc7ccccc67)cc5c4c4ccccc34)cc21. The zero-order valence-electron chi connectivity index (χ0n) is 26.3. The van der Waals surface area contributed by atoms with Crippen molar-refractivity contribution >= 4 is 54.1 Å².